The van der Waals surface area contributed by atoms with Gasteiger partial charge in [-0.1, -0.05) is 0 Å². The summed E-state index contributed by atoms with van der Waals surface area (Å²) in [5.41, 5.74) is 0. The van der Waals surface area contributed by atoms with Crippen LogP contribution in [0.15, 0.2) is 0 Å². The summed E-state index contributed by atoms with van der Waals surface area (Å²) in [5, 5.41) is 0. The second-order valence-corrected chi connectivity index (χ2v) is 3.30. The smallest absolute Gasteiger partial charge is 0.303 e. The zero-order chi connectivity index (χ0) is 11.1. The summed E-state index contributed by atoms with van der Waals surface area (Å²) in [4.78, 5) is 23.1. The molecule has 0 saturated carbocycles. The van der Waals surface area contributed by atoms with Crippen molar-refractivity contribution < 1.29 is 19.1 Å². The van der Waals surface area contributed by atoms with Gasteiger partial charge in [0.1, 0.15) is 12.7 Å². The molecule has 0 aliphatic rings. The molecule has 0 spiro atoms. The van der Waals surface area contributed by atoms with Crippen molar-refractivity contribution in [1.29, 1.82) is 0 Å². The fourth-order valence-corrected chi connectivity index (χ4v) is 0.976. The maximum Gasteiger partial charge on any atom is 0.303 e. The van der Waals surface area contributed by atoms with Crippen molar-refractivity contribution in [2.24, 2.45) is 0 Å². The number of esters is 2. The van der Waals surface area contributed by atoms with Gasteiger partial charge in [0.05, 0.1) is 0 Å². The Morgan fingerprint density at radius 2 is 1.79 bits per heavy atom. The zero-order valence-corrected chi connectivity index (χ0v) is 9.07. The van der Waals surface area contributed by atoms with Crippen molar-refractivity contribution in [3.05, 3.63) is 0 Å². The molecule has 0 aliphatic heterocycles. The molecule has 5 nitrogen and oxygen atoms in total. The summed E-state index contributed by atoms with van der Waals surface area (Å²) in [6, 6.07) is 0. The number of hydrogen-bond acceptors (Lipinski definition) is 5. The first-order valence-electron chi connectivity index (χ1n) is 4.37. The maximum atomic E-state index is 10.7. The van der Waals surface area contributed by atoms with E-state index < -0.39 is 6.10 Å². The molecule has 0 bridgehead atoms. The van der Waals surface area contributed by atoms with Crippen molar-refractivity contribution >= 4 is 11.9 Å². The Morgan fingerprint density at radius 1 is 1.21 bits per heavy atom. The lowest BCUT2D eigenvalue weighted by molar-refractivity contribution is -0.157. The van der Waals surface area contributed by atoms with E-state index in [-0.39, 0.29) is 18.5 Å². The zero-order valence-electron chi connectivity index (χ0n) is 9.07. The predicted octanol–water partition coefficient (Wildman–Crippen LogP) is 0.0428. The van der Waals surface area contributed by atoms with E-state index in [4.69, 9.17) is 9.47 Å². The first-order chi connectivity index (χ1) is 6.41. The molecule has 0 rings (SSSR count). The average Bonchev–Trinajstić information content (AvgIpc) is 1.97. The Labute approximate surface area is 84.0 Å². The van der Waals surface area contributed by atoms with Gasteiger partial charge in [0, 0.05) is 20.4 Å². The molecule has 0 aliphatic carbocycles. The summed E-state index contributed by atoms with van der Waals surface area (Å²) in [6.45, 7) is 3.29. The quantitative estimate of drug-likeness (QED) is 0.591. The molecule has 0 radical (unpaired) electrons. The number of carbonyl (C=O) groups excluding carboxylic acids is 2. The lowest BCUT2D eigenvalue weighted by Crippen LogP contribution is -2.34. The molecule has 1 atom stereocenters. The minimum atomic E-state index is -0.397. The highest BCUT2D eigenvalue weighted by Gasteiger charge is 2.14. The fourth-order valence-electron chi connectivity index (χ4n) is 0.976. The van der Waals surface area contributed by atoms with Gasteiger partial charge in [-0.15, -0.1) is 0 Å². The van der Waals surface area contributed by atoms with Gasteiger partial charge in [0.25, 0.3) is 0 Å². The molecular formula is C9H17NO4. The molecular weight excluding hydrogens is 186 g/mol. The molecule has 5 heteroatoms. The standard InChI is InChI=1S/C9H17NO4/c1-7(11)13-6-9(5-10(3)4)14-8(2)12/h9H,5-6H2,1-4H3. The van der Waals surface area contributed by atoms with Gasteiger partial charge in [0.15, 0.2) is 0 Å². The third kappa shape index (κ3) is 7.54. The lowest BCUT2D eigenvalue weighted by atomic mass is 10.3. The Balaban J connectivity index is 3.96. The van der Waals surface area contributed by atoms with E-state index in [2.05, 4.69) is 0 Å². The van der Waals surface area contributed by atoms with E-state index in [0.717, 1.165) is 0 Å². The fraction of sp³-hybridized carbons (Fsp3) is 0.778. The van der Waals surface area contributed by atoms with Crippen LogP contribution in [-0.4, -0.2) is 50.2 Å². The predicted molar refractivity (Wildman–Crippen MR) is 50.7 cm³/mol. The van der Waals surface area contributed by atoms with Crippen LogP contribution in [0.5, 0.6) is 0 Å². The second kappa shape index (κ2) is 6.37. The molecule has 0 aromatic rings. The van der Waals surface area contributed by atoms with E-state index in [0.29, 0.717) is 6.54 Å². The van der Waals surface area contributed by atoms with Gasteiger partial charge in [-0.25, -0.2) is 0 Å². The van der Waals surface area contributed by atoms with Crippen molar-refractivity contribution in [3.63, 3.8) is 0 Å². The molecule has 0 N–H and O–H groups in total. The number of likely N-dealkylation sites (N-methyl/N-ethyl adjacent to an activating group) is 1. The van der Waals surface area contributed by atoms with Crippen LogP contribution in [-0.2, 0) is 19.1 Å². The van der Waals surface area contributed by atoms with E-state index in [1.165, 1.54) is 13.8 Å². The first-order valence-corrected chi connectivity index (χ1v) is 4.37. The minimum Gasteiger partial charge on any atom is -0.462 e. The highest BCUT2D eigenvalue weighted by Crippen LogP contribution is 1.96. The van der Waals surface area contributed by atoms with Gasteiger partial charge >= 0.3 is 11.9 Å². The average molecular weight is 203 g/mol. The van der Waals surface area contributed by atoms with Crippen LogP contribution in [0.3, 0.4) is 0 Å². The van der Waals surface area contributed by atoms with E-state index in [9.17, 15) is 9.59 Å². The highest BCUT2D eigenvalue weighted by molar-refractivity contribution is 5.67. The second-order valence-electron chi connectivity index (χ2n) is 3.30. The maximum absolute atomic E-state index is 10.7. The molecule has 82 valence electrons. The summed E-state index contributed by atoms with van der Waals surface area (Å²) in [7, 11) is 3.70. The highest BCUT2D eigenvalue weighted by atomic mass is 16.6. The summed E-state index contributed by atoms with van der Waals surface area (Å²) in [5.74, 6) is -0.745. The molecule has 0 aromatic heterocycles. The van der Waals surface area contributed by atoms with Crippen LogP contribution in [0.4, 0.5) is 0 Å². The number of rotatable bonds is 5. The first kappa shape index (κ1) is 12.9. The Bertz CT molecular complexity index is 203. The Morgan fingerprint density at radius 3 is 2.14 bits per heavy atom. The minimum absolute atomic E-state index is 0.104. The largest absolute Gasteiger partial charge is 0.462 e. The SMILES string of the molecule is CC(=O)OCC(CN(C)C)OC(C)=O. The molecule has 0 amide bonds. The van der Waals surface area contributed by atoms with Crippen molar-refractivity contribution in [2.45, 2.75) is 20.0 Å². The summed E-state index contributed by atoms with van der Waals surface area (Å²) < 4.78 is 9.72. The van der Waals surface area contributed by atoms with Gasteiger partial charge in [-0.3, -0.25) is 9.59 Å². The van der Waals surface area contributed by atoms with Crippen LogP contribution in [0.2, 0.25) is 0 Å². The monoisotopic (exact) mass is 203 g/mol. The van der Waals surface area contributed by atoms with Crippen LogP contribution in [0.25, 0.3) is 0 Å². The van der Waals surface area contributed by atoms with Crippen LogP contribution in [0, 0.1) is 0 Å². The van der Waals surface area contributed by atoms with Crippen LogP contribution in [0.1, 0.15) is 13.8 Å². The van der Waals surface area contributed by atoms with Crippen molar-refractivity contribution in [2.75, 3.05) is 27.2 Å². The van der Waals surface area contributed by atoms with E-state index >= 15 is 0 Å². The summed E-state index contributed by atoms with van der Waals surface area (Å²) in [6.07, 6.45) is -0.397. The number of nitrogens with zero attached hydrogens (tertiary/aromatic N) is 1. The number of carbonyl (C=O) groups is 2. The van der Waals surface area contributed by atoms with Crippen LogP contribution < -0.4 is 0 Å². The molecule has 14 heavy (non-hydrogen) atoms. The molecule has 0 aromatic carbocycles. The van der Waals surface area contributed by atoms with Crippen molar-refractivity contribution in [3.8, 4) is 0 Å². The van der Waals surface area contributed by atoms with Gasteiger partial charge in [-0.2, -0.15) is 0 Å². The van der Waals surface area contributed by atoms with E-state index in [1.54, 1.807) is 0 Å². The van der Waals surface area contributed by atoms with E-state index in [1.807, 2.05) is 19.0 Å². The normalized spacial score (nSPS) is 12.4. The molecule has 1 unspecified atom stereocenters. The molecule has 0 saturated heterocycles. The number of hydrogen-bond donors (Lipinski definition) is 0. The third-order valence-electron chi connectivity index (χ3n) is 1.37. The summed E-state index contributed by atoms with van der Waals surface area (Å²) >= 11 is 0. The van der Waals surface area contributed by atoms with Crippen LogP contribution >= 0.6 is 0 Å². The lowest BCUT2D eigenvalue weighted by Gasteiger charge is -2.20. The van der Waals surface area contributed by atoms with Gasteiger partial charge in [0.2, 0.25) is 0 Å². The Kier molecular flexibility index (Phi) is 5.87. The number of ether oxygens (including phenoxy) is 2. The third-order valence-corrected chi connectivity index (χ3v) is 1.37. The molecule has 0 fully saturated rings. The van der Waals surface area contributed by atoms with Gasteiger partial charge < -0.3 is 14.4 Å². The topological polar surface area (TPSA) is 55.8 Å². The van der Waals surface area contributed by atoms with Crippen molar-refractivity contribution in [1.82, 2.24) is 4.90 Å². The molecule has 0 heterocycles. The van der Waals surface area contributed by atoms with Gasteiger partial charge in [-0.05, 0) is 14.1 Å². The Hall–Kier alpha value is -1.10.